The number of imidazole rings is 1. The van der Waals surface area contributed by atoms with Crippen LogP contribution in [0.25, 0.3) is 44.5 Å². The van der Waals surface area contributed by atoms with Crippen LogP contribution in [0.2, 0.25) is 0 Å². The van der Waals surface area contributed by atoms with Crippen LogP contribution >= 0.6 is 0 Å². The van der Waals surface area contributed by atoms with Crippen LogP contribution in [0.3, 0.4) is 0 Å². The lowest BCUT2D eigenvalue weighted by Crippen LogP contribution is -2.08. The molecule has 0 aliphatic heterocycles. The largest absolute Gasteiger partial charge is 0.493 e. The normalized spacial score (nSPS) is 11.7. The third kappa shape index (κ3) is 5.10. The molecule has 0 amide bonds. The first-order chi connectivity index (χ1) is 17.8. The van der Waals surface area contributed by atoms with Crippen molar-refractivity contribution in [3.63, 3.8) is 0 Å². The molecule has 5 rings (SSSR count). The van der Waals surface area contributed by atoms with Gasteiger partial charge in [0.2, 0.25) is 0 Å². The fourth-order valence-electron chi connectivity index (χ4n) is 4.79. The summed E-state index contributed by atoms with van der Waals surface area (Å²) in [4.78, 5) is 22.6. The maximum atomic E-state index is 10.9. The predicted octanol–water partition coefficient (Wildman–Crippen LogP) is 7.87. The van der Waals surface area contributed by atoms with Gasteiger partial charge in [-0.05, 0) is 88.4 Å². The molecule has 5 aromatic rings. The second kappa shape index (κ2) is 10.1. The number of rotatable bonds is 9. The first kappa shape index (κ1) is 24.6. The maximum Gasteiger partial charge on any atom is 0.303 e. The molecule has 0 saturated carbocycles. The van der Waals surface area contributed by atoms with Gasteiger partial charge in [-0.15, -0.1) is 0 Å². The SMILES string of the molecule is CC(C)c1cc(-c2nc3ccc(-c4ccc5[nH]ccc5c4)cc3[nH]2)cc(C(C)C)c1OCCCC(=O)O. The number of aromatic amines is 2. The number of carboxylic acid groups (broad SMARTS) is 1. The van der Waals surface area contributed by atoms with Crippen LogP contribution in [0.4, 0.5) is 0 Å². The van der Waals surface area contributed by atoms with Crippen LogP contribution in [0.5, 0.6) is 5.75 Å². The minimum Gasteiger partial charge on any atom is -0.493 e. The molecule has 0 unspecified atom stereocenters. The summed E-state index contributed by atoms with van der Waals surface area (Å²) in [5.74, 6) is 1.38. The molecule has 0 radical (unpaired) electrons. The van der Waals surface area contributed by atoms with Crippen molar-refractivity contribution in [3.05, 3.63) is 71.9 Å². The molecule has 3 N–H and O–H groups in total. The van der Waals surface area contributed by atoms with Gasteiger partial charge in [0, 0.05) is 23.7 Å². The van der Waals surface area contributed by atoms with Crippen LogP contribution in [0.1, 0.15) is 63.5 Å². The Morgan fingerprint density at radius 3 is 2.30 bits per heavy atom. The smallest absolute Gasteiger partial charge is 0.303 e. The van der Waals surface area contributed by atoms with E-state index in [-0.39, 0.29) is 18.3 Å². The molecular weight excluding hydrogens is 462 g/mol. The lowest BCUT2D eigenvalue weighted by Gasteiger charge is -2.21. The number of nitrogens with one attached hydrogen (secondary N) is 2. The Morgan fingerprint density at radius 1 is 0.892 bits per heavy atom. The zero-order valence-corrected chi connectivity index (χ0v) is 21.8. The highest BCUT2D eigenvalue weighted by atomic mass is 16.5. The van der Waals surface area contributed by atoms with Gasteiger partial charge in [-0.1, -0.05) is 39.8 Å². The lowest BCUT2D eigenvalue weighted by atomic mass is 9.91. The third-order valence-corrected chi connectivity index (χ3v) is 6.81. The summed E-state index contributed by atoms with van der Waals surface area (Å²) in [6.45, 7) is 8.99. The molecule has 0 aliphatic carbocycles. The van der Waals surface area contributed by atoms with Crippen molar-refractivity contribution in [2.75, 3.05) is 6.61 Å². The van der Waals surface area contributed by atoms with Crippen molar-refractivity contribution in [2.24, 2.45) is 0 Å². The van der Waals surface area contributed by atoms with Crippen LogP contribution in [-0.4, -0.2) is 32.6 Å². The number of H-pyrrole nitrogens is 2. The van der Waals surface area contributed by atoms with Crippen molar-refractivity contribution in [1.82, 2.24) is 15.0 Å². The van der Waals surface area contributed by atoms with Gasteiger partial charge in [0.1, 0.15) is 11.6 Å². The predicted molar refractivity (Wildman–Crippen MR) is 149 cm³/mol. The quantitative estimate of drug-likeness (QED) is 0.181. The fraction of sp³-hybridized carbons (Fsp3) is 0.290. The molecule has 0 saturated heterocycles. The first-order valence-corrected chi connectivity index (χ1v) is 12.9. The molecule has 0 bridgehead atoms. The molecule has 2 heterocycles. The molecular formula is C31H33N3O3. The second-order valence-electron chi connectivity index (χ2n) is 10.2. The zero-order chi connectivity index (χ0) is 26.1. The number of hydrogen-bond donors (Lipinski definition) is 3. The van der Waals surface area contributed by atoms with E-state index in [0.717, 1.165) is 50.4 Å². The first-order valence-electron chi connectivity index (χ1n) is 12.9. The minimum atomic E-state index is -0.801. The number of carbonyl (C=O) groups is 1. The highest BCUT2D eigenvalue weighted by Crippen LogP contribution is 2.39. The standard InChI is InChI=1S/C31H33N3O3/c1-18(2)24-15-23(16-25(19(3)4)30(24)37-13-5-6-29(35)36)31-33-27-10-8-21(17-28(27)34-31)20-7-9-26-22(14-20)11-12-32-26/h7-12,14-19,32H,5-6,13H2,1-4H3,(H,33,34)(H,35,36). The van der Waals surface area contributed by atoms with Gasteiger partial charge in [0.15, 0.2) is 0 Å². The Morgan fingerprint density at radius 2 is 1.59 bits per heavy atom. The number of fused-ring (bicyclic) bond motifs is 2. The van der Waals surface area contributed by atoms with Crippen molar-refractivity contribution in [3.8, 4) is 28.3 Å². The van der Waals surface area contributed by atoms with Crippen molar-refractivity contribution < 1.29 is 14.6 Å². The van der Waals surface area contributed by atoms with Crippen LogP contribution in [-0.2, 0) is 4.79 Å². The van der Waals surface area contributed by atoms with Crippen LogP contribution < -0.4 is 4.74 Å². The summed E-state index contributed by atoms with van der Waals surface area (Å²) >= 11 is 0. The van der Waals surface area contributed by atoms with E-state index in [9.17, 15) is 4.79 Å². The highest BCUT2D eigenvalue weighted by molar-refractivity contribution is 5.89. The van der Waals surface area contributed by atoms with Crippen molar-refractivity contribution >= 4 is 27.9 Å². The van der Waals surface area contributed by atoms with Gasteiger partial charge < -0.3 is 19.8 Å². The van der Waals surface area contributed by atoms with E-state index in [1.807, 2.05) is 6.20 Å². The van der Waals surface area contributed by atoms with Gasteiger partial charge in [-0.25, -0.2) is 4.98 Å². The monoisotopic (exact) mass is 495 g/mol. The summed E-state index contributed by atoms with van der Waals surface area (Å²) in [7, 11) is 0. The van der Waals surface area contributed by atoms with E-state index >= 15 is 0 Å². The molecule has 0 fully saturated rings. The molecule has 37 heavy (non-hydrogen) atoms. The van der Waals surface area contributed by atoms with Gasteiger partial charge in [0.25, 0.3) is 0 Å². The molecule has 0 spiro atoms. The number of carboxylic acids is 1. The van der Waals surface area contributed by atoms with E-state index < -0.39 is 5.97 Å². The van der Waals surface area contributed by atoms with E-state index in [2.05, 4.69) is 92.3 Å². The van der Waals surface area contributed by atoms with E-state index in [1.54, 1.807) is 0 Å². The topological polar surface area (TPSA) is 91.0 Å². The van der Waals surface area contributed by atoms with Crippen LogP contribution in [0, 0.1) is 0 Å². The van der Waals surface area contributed by atoms with E-state index in [4.69, 9.17) is 14.8 Å². The average molecular weight is 496 g/mol. The Kier molecular flexibility index (Phi) is 6.74. The zero-order valence-electron chi connectivity index (χ0n) is 21.8. The second-order valence-corrected chi connectivity index (χ2v) is 10.2. The Balaban J connectivity index is 1.51. The third-order valence-electron chi connectivity index (χ3n) is 6.81. The Bertz CT molecular complexity index is 1550. The lowest BCUT2D eigenvalue weighted by molar-refractivity contribution is -0.137. The van der Waals surface area contributed by atoms with Gasteiger partial charge >= 0.3 is 5.97 Å². The number of ether oxygens (including phenoxy) is 1. The van der Waals surface area contributed by atoms with Gasteiger partial charge in [-0.3, -0.25) is 4.79 Å². The van der Waals surface area contributed by atoms with Gasteiger partial charge in [0.05, 0.1) is 17.6 Å². The maximum absolute atomic E-state index is 10.9. The van der Waals surface area contributed by atoms with E-state index in [0.29, 0.717) is 13.0 Å². The molecule has 3 aromatic carbocycles. The van der Waals surface area contributed by atoms with Crippen LogP contribution in [0.15, 0.2) is 60.8 Å². The molecule has 0 aliphatic rings. The number of benzene rings is 3. The summed E-state index contributed by atoms with van der Waals surface area (Å²) in [5, 5.41) is 10.2. The minimum absolute atomic E-state index is 0.103. The van der Waals surface area contributed by atoms with Crippen molar-refractivity contribution in [1.29, 1.82) is 0 Å². The molecule has 2 aromatic heterocycles. The van der Waals surface area contributed by atoms with Gasteiger partial charge in [-0.2, -0.15) is 0 Å². The fourth-order valence-corrected chi connectivity index (χ4v) is 4.79. The molecule has 6 nitrogen and oxygen atoms in total. The molecule has 190 valence electrons. The number of aliphatic carboxylic acids is 1. The summed E-state index contributed by atoms with van der Waals surface area (Å²) in [6.07, 6.45) is 2.54. The number of aromatic nitrogens is 3. The summed E-state index contributed by atoms with van der Waals surface area (Å²) in [5.41, 5.74) is 8.59. The number of nitrogens with zero attached hydrogens (tertiary/aromatic N) is 1. The summed E-state index contributed by atoms with van der Waals surface area (Å²) < 4.78 is 6.18. The highest BCUT2D eigenvalue weighted by Gasteiger charge is 2.19. The summed E-state index contributed by atoms with van der Waals surface area (Å²) in [6, 6.07) is 19.2. The number of hydrogen-bond acceptors (Lipinski definition) is 3. The Labute approximate surface area is 216 Å². The average Bonchev–Trinajstić information content (AvgIpc) is 3.52. The Hall–Kier alpha value is -4.06. The molecule has 6 heteroatoms. The van der Waals surface area contributed by atoms with Crippen molar-refractivity contribution in [2.45, 2.75) is 52.4 Å². The van der Waals surface area contributed by atoms with E-state index in [1.165, 1.54) is 10.9 Å². The molecule has 0 atom stereocenters.